The summed E-state index contributed by atoms with van der Waals surface area (Å²) in [5.41, 5.74) is 2.95. The molecule has 0 atom stereocenters. The van der Waals surface area contributed by atoms with Crippen LogP contribution in [0.1, 0.15) is 36.8 Å². The summed E-state index contributed by atoms with van der Waals surface area (Å²) in [7, 11) is 0. The lowest BCUT2D eigenvalue weighted by Gasteiger charge is -2.03. The van der Waals surface area contributed by atoms with Crippen LogP contribution in [0.5, 0.6) is 0 Å². The molecule has 2 rings (SSSR count). The second-order valence-electron chi connectivity index (χ2n) is 3.84. The average Bonchev–Trinajstić information content (AvgIpc) is 2.51. The Hall–Kier alpha value is -1.89. The SMILES string of the molecule is Cc1nc2ccc(C(C)C)nn2c1C#N. The van der Waals surface area contributed by atoms with E-state index in [1.54, 1.807) is 4.52 Å². The number of nitriles is 1. The number of aryl methyl sites for hydroxylation is 1. The molecule has 0 aliphatic rings. The predicted molar refractivity (Wildman–Crippen MR) is 56.5 cm³/mol. The monoisotopic (exact) mass is 200 g/mol. The van der Waals surface area contributed by atoms with Crippen molar-refractivity contribution in [3.05, 3.63) is 29.2 Å². The summed E-state index contributed by atoms with van der Waals surface area (Å²) in [6, 6.07) is 5.97. The van der Waals surface area contributed by atoms with Crippen molar-refractivity contribution in [1.82, 2.24) is 14.6 Å². The van der Waals surface area contributed by atoms with Gasteiger partial charge in [-0.1, -0.05) is 13.8 Å². The first-order chi connectivity index (χ1) is 7.13. The van der Waals surface area contributed by atoms with Gasteiger partial charge in [0.1, 0.15) is 6.07 Å². The Morgan fingerprint density at radius 1 is 1.40 bits per heavy atom. The Morgan fingerprint density at radius 3 is 2.73 bits per heavy atom. The van der Waals surface area contributed by atoms with Crippen molar-refractivity contribution in [1.29, 1.82) is 5.26 Å². The van der Waals surface area contributed by atoms with Gasteiger partial charge in [-0.15, -0.1) is 0 Å². The minimum atomic E-state index is 0.351. The molecule has 0 amide bonds. The highest BCUT2D eigenvalue weighted by Gasteiger charge is 2.10. The molecule has 2 aromatic heterocycles. The Kier molecular flexibility index (Phi) is 2.16. The molecule has 0 aliphatic carbocycles. The lowest BCUT2D eigenvalue weighted by atomic mass is 10.1. The number of hydrogen-bond acceptors (Lipinski definition) is 3. The first kappa shape index (κ1) is 9.66. The molecule has 0 aromatic carbocycles. The minimum Gasteiger partial charge on any atom is -0.231 e. The molecule has 0 unspecified atom stereocenters. The van der Waals surface area contributed by atoms with Crippen molar-refractivity contribution in [2.24, 2.45) is 0 Å². The van der Waals surface area contributed by atoms with E-state index in [1.165, 1.54) is 0 Å². The molecule has 15 heavy (non-hydrogen) atoms. The van der Waals surface area contributed by atoms with E-state index < -0.39 is 0 Å². The van der Waals surface area contributed by atoms with E-state index in [2.05, 4.69) is 30.0 Å². The fourth-order valence-electron chi connectivity index (χ4n) is 1.49. The maximum atomic E-state index is 8.98. The first-order valence-electron chi connectivity index (χ1n) is 4.90. The molecule has 76 valence electrons. The van der Waals surface area contributed by atoms with E-state index in [-0.39, 0.29) is 0 Å². The van der Waals surface area contributed by atoms with Gasteiger partial charge in [0.2, 0.25) is 0 Å². The van der Waals surface area contributed by atoms with E-state index in [4.69, 9.17) is 5.26 Å². The predicted octanol–water partition coefficient (Wildman–Crippen LogP) is 2.03. The second kappa shape index (κ2) is 3.35. The molecule has 4 heteroatoms. The number of fused-ring (bicyclic) bond motifs is 1. The van der Waals surface area contributed by atoms with Gasteiger partial charge in [-0.05, 0) is 25.0 Å². The number of aromatic nitrogens is 3. The molecule has 0 N–H and O–H groups in total. The third-order valence-electron chi connectivity index (χ3n) is 2.37. The quantitative estimate of drug-likeness (QED) is 0.707. The minimum absolute atomic E-state index is 0.351. The van der Waals surface area contributed by atoms with Crippen molar-refractivity contribution in [2.45, 2.75) is 26.7 Å². The third kappa shape index (κ3) is 1.46. The molecule has 0 spiro atoms. The highest BCUT2D eigenvalue weighted by molar-refractivity contribution is 5.45. The maximum absolute atomic E-state index is 8.98. The Bertz CT molecular complexity index is 545. The lowest BCUT2D eigenvalue weighted by molar-refractivity contribution is 0.760. The average molecular weight is 200 g/mol. The Balaban J connectivity index is 2.75. The van der Waals surface area contributed by atoms with Crippen LogP contribution in [0.25, 0.3) is 5.65 Å². The maximum Gasteiger partial charge on any atom is 0.165 e. The van der Waals surface area contributed by atoms with Gasteiger partial charge in [-0.3, -0.25) is 0 Å². The van der Waals surface area contributed by atoms with Gasteiger partial charge in [0, 0.05) is 0 Å². The van der Waals surface area contributed by atoms with Crippen molar-refractivity contribution >= 4 is 5.65 Å². The third-order valence-corrected chi connectivity index (χ3v) is 2.37. The van der Waals surface area contributed by atoms with Gasteiger partial charge in [0.25, 0.3) is 0 Å². The zero-order valence-corrected chi connectivity index (χ0v) is 9.02. The van der Waals surface area contributed by atoms with Crippen molar-refractivity contribution < 1.29 is 0 Å². The number of rotatable bonds is 1. The van der Waals surface area contributed by atoms with Crippen molar-refractivity contribution in [3.63, 3.8) is 0 Å². The van der Waals surface area contributed by atoms with Crippen molar-refractivity contribution in [3.8, 4) is 6.07 Å². The van der Waals surface area contributed by atoms with Crippen LogP contribution in [0.15, 0.2) is 12.1 Å². The Labute approximate surface area is 88.2 Å². The van der Waals surface area contributed by atoms with Crippen LogP contribution in [0, 0.1) is 18.3 Å². The molecular formula is C11H12N4. The highest BCUT2D eigenvalue weighted by atomic mass is 15.3. The number of hydrogen-bond donors (Lipinski definition) is 0. The normalized spacial score (nSPS) is 10.9. The second-order valence-corrected chi connectivity index (χ2v) is 3.84. The van der Waals surface area contributed by atoms with E-state index in [0.717, 1.165) is 17.0 Å². The summed E-state index contributed by atoms with van der Waals surface area (Å²) in [6.45, 7) is 5.97. The summed E-state index contributed by atoms with van der Waals surface area (Å²) in [4.78, 5) is 4.26. The van der Waals surface area contributed by atoms with Crippen LogP contribution in [0.4, 0.5) is 0 Å². The number of imidazole rings is 1. The summed E-state index contributed by atoms with van der Waals surface area (Å²) in [6.07, 6.45) is 0. The van der Waals surface area contributed by atoms with E-state index >= 15 is 0 Å². The van der Waals surface area contributed by atoms with Gasteiger partial charge in [0.05, 0.1) is 11.4 Å². The van der Waals surface area contributed by atoms with Gasteiger partial charge in [0.15, 0.2) is 11.3 Å². The van der Waals surface area contributed by atoms with Crippen LogP contribution in [0.2, 0.25) is 0 Å². The summed E-state index contributed by atoms with van der Waals surface area (Å²) in [5.74, 6) is 0.351. The van der Waals surface area contributed by atoms with Crippen LogP contribution >= 0.6 is 0 Å². The van der Waals surface area contributed by atoms with Crippen LogP contribution in [-0.4, -0.2) is 14.6 Å². The summed E-state index contributed by atoms with van der Waals surface area (Å²) in [5, 5.41) is 13.4. The van der Waals surface area contributed by atoms with Gasteiger partial charge in [-0.25, -0.2) is 9.50 Å². The van der Waals surface area contributed by atoms with Crippen molar-refractivity contribution in [2.75, 3.05) is 0 Å². The summed E-state index contributed by atoms with van der Waals surface area (Å²) < 4.78 is 1.62. The fourth-order valence-corrected chi connectivity index (χ4v) is 1.49. The first-order valence-corrected chi connectivity index (χ1v) is 4.90. The molecule has 2 aromatic rings. The van der Waals surface area contributed by atoms with Crippen LogP contribution in [-0.2, 0) is 0 Å². The van der Waals surface area contributed by atoms with Gasteiger partial charge in [-0.2, -0.15) is 10.4 Å². The summed E-state index contributed by atoms with van der Waals surface area (Å²) >= 11 is 0. The van der Waals surface area contributed by atoms with Crippen LogP contribution in [0.3, 0.4) is 0 Å². The zero-order valence-electron chi connectivity index (χ0n) is 9.02. The molecule has 0 saturated heterocycles. The smallest absolute Gasteiger partial charge is 0.165 e. The molecule has 4 nitrogen and oxygen atoms in total. The van der Waals surface area contributed by atoms with Gasteiger partial charge < -0.3 is 0 Å². The van der Waals surface area contributed by atoms with E-state index in [0.29, 0.717) is 11.6 Å². The molecule has 2 heterocycles. The number of nitrogens with zero attached hydrogens (tertiary/aromatic N) is 4. The standard InChI is InChI=1S/C11H12N4/c1-7(2)9-4-5-11-13-8(3)10(6-12)15(11)14-9/h4-5,7H,1-3H3. The molecule has 0 saturated carbocycles. The largest absolute Gasteiger partial charge is 0.231 e. The van der Waals surface area contributed by atoms with E-state index in [1.807, 2.05) is 19.1 Å². The zero-order chi connectivity index (χ0) is 11.0. The van der Waals surface area contributed by atoms with E-state index in [9.17, 15) is 0 Å². The molecule has 0 radical (unpaired) electrons. The lowest BCUT2D eigenvalue weighted by Crippen LogP contribution is -2.01. The molecule has 0 aliphatic heterocycles. The molecule has 0 bridgehead atoms. The van der Waals surface area contributed by atoms with Gasteiger partial charge >= 0.3 is 0 Å². The Morgan fingerprint density at radius 2 is 2.13 bits per heavy atom. The molecular weight excluding hydrogens is 188 g/mol. The topological polar surface area (TPSA) is 54.0 Å². The fraction of sp³-hybridized carbons (Fsp3) is 0.364. The van der Waals surface area contributed by atoms with Crippen LogP contribution < -0.4 is 0 Å². The molecule has 0 fully saturated rings. The highest BCUT2D eigenvalue weighted by Crippen LogP contribution is 2.14.